The van der Waals surface area contributed by atoms with Gasteiger partial charge in [0.1, 0.15) is 0 Å². The van der Waals surface area contributed by atoms with Gasteiger partial charge in [-0.05, 0) is 57.1 Å². The van der Waals surface area contributed by atoms with E-state index < -0.39 is 0 Å². The summed E-state index contributed by atoms with van der Waals surface area (Å²) in [5.74, 6) is -0.314. The molecule has 4 atom stereocenters. The van der Waals surface area contributed by atoms with Gasteiger partial charge in [-0.15, -0.1) is 0 Å². The van der Waals surface area contributed by atoms with E-state index >= 15 is 0 Å². The number of fused-ring (bicyclic) bond motifs is 2. The number of nitrogens with zero attached hydrogens (tertiary/aromatic N) is 3. The second kappa shape index (κ2) is 8.13. The Morgan fingerprint density at radius 2 is 1.84 bits per heavy atom. The van der Waals surface area contributed by atoms with Crippen LogP contribution in [0.4, 0.5) is 5.69 Å². The summed E-state index contributed by atoms with van der Waals surface area (Å²) in [6.07, 6.45) is 9.39. The topological polar surface area (TPSA) is 67.2 Å². The first kappa shape index (κ1) is 20.3. The van der Waals surface area contributed by atoms with Gasteiger partial charge in [0.25, 0.3) is 0 Å². The van der Waals surface area contributed by atoms with Gasteiger partial charge in [-0.3, -0.25) is 14.3 Å². The Kier molecular flexibility index (Phi) is 5.32. The van der Waals surface area contributed by atoms with Crippen LogP contribution < -0.4 is 10.2 Å². The van der Waals surface area contributed by atoms with E-state index in [1.807, 2.05) is 41.0 Å². The van der Waals surface area contributed by atoms with E-state index in [4.69, 9.17) is 0 Å². The van der Waals surface area contributed by atoms with Gasteiger partial charge in [-0.1, -0.05) is 31.0 Å². The average Bonchev–Trinajstić information content (AvgIpc) is 3.33. The average molecular weight is 421 g/mol. The van der Waals surface area contributed by atoms with Crippen LogP contribution in [0.5, 0.6) is 0 Å². The summed E-state index contributed by atoms with van der Waals surface area (Å²) in [6, 6.07) is 8.34. The Labute approximate surface area is 184 Å². The molecule has 3 aliphatic rings. The van der Waals surface area contributed by atoms with Gasteiger partial charge >= 0.3 is 0 Å². The number of aromatic nitrogens is 2. The number of carbonyl (C=O) groups is 2. The minimum atomic E-state index is -0.247. The number of rotatable bonds is 3. The van der Waals surface area contributed by atoms with Crippen molar-refractivity contribution in [1.29, 1.82) is 0 Å². The summed E-state index contributed by atoms with van der Waals surface area (Å²) in [6.45, 7) is 2.11. The zero-order chi connectivity index (χ0) is 21.5. The maximum atomic E-state index is 13.7. The molecule has 6 nitrogen and oxygen atoms in total. The Hall–Kier alpha value is -2.63. The van der Waals surface area contributed by atoms with Crippen molar-refractivity contribution in [3.8, 4) is 0 Å². The highest BCUT2D eigenvalue weighted by Gasteiger charge is 2.42. The van der Waals surface area contributed by atoms with Crippen LogP contribution in [0.1, 0.15) is 68.3 Å². The molecule has 2 heterocycles. The zero-order valence-corrected chi connectivity index (χ0v) is 18.5. The molecule has 0 radical (unpaired) electrons. The smallest absolute Gasteiger partial charge is 0.231 e. The fourth-order valence-electron chi connectivity index (χ4n) is 5.96. The molecule has 4 unspecified atom stereocenters. The molecule has 1 aromatic carbocycles. The lowest BCUT2D eigenvalue weighted by molar-refractivity contribution is -0.135. The monoisotopic (exact) mass is 420 g/mol. The van der Waals surface area contributed by atoms with Crippen molar-refractivity contribution in [2.75, 3.05) is 4.90 Å². The molecule has 2 amide bonds. The third-order valence-corrected chi connectivity index (χ3v) is 7.56. The zero-order valence-electron chi connectivity index (χ0n) is 18.5. The predicted octanol–water partition coefficient (Wildman–Crippen LogP) is 3.70. The predicted molar refractivity (Wildman–Crippen MR) is 120 cm³/mol. The van der Waals surface area contributed by atoms with Crippen molar-refractivity contribution in [1.82, 2.24) is 15.1 Å². The van der Waals surface area contributed by atoms with Gasteiger partial charge in [-0.25, -0.2) is 0 Å². The molecule has 0 bridgehead atoms. The van der Waals surface area contributed by atoms with E-state index in [9.17, 15) is 9.59 Å². The summed E-state index contributed by atoms with van der Waals surface area (Å²) >= 11 is 0. The number of hydrogen-bond donors (Lipinski definition) is 1. The van der Waals surface area contributed by atoms with Crippen molar-refractivity contribution < 1.29 is 9.59 Å². The van der Waals surface area contributed by atoms with Crippen LogP contribution in [0.25, 0.3) is 0 Å². The third kappa shape index (κ3) is 3.56. The van der Waals surface area contributed by atoms with Crippen LogP contribution in [0, 0.1) is 11.8 Å². The number of carbonyl (C=O) groups excluding carboxylic acids is 2. The number of benzene rings is 1. The summed E-state index contributed by atoms with van der Waals surface area (Å²) in [5, 5.41) is 7.70. The second-order valence-electron chi connectivity index (χ2n) is 9.51. The third-order valence-electron chi connectivity index (χ3n) is 7.56. The van der Waals surface area contributed by atoms with E-state index in [1.54, 1.807) is 0 Å². The minimum absolute atomic E-state index is 0.00839. The van der Waals surface area contributed by atoms with E-state index in [0.717, 1.165) is 62.6 Å². The standard InChI is InChI=1S/C25H32N4O2/c1-16-14-17-8-3-6-12-22(17)29(16)25(31)19-10-5-4-9-18(19)24(30)27-21-11-7-13-23-20(21)15-26-28(23)2/h3,6,8,12,15-16,18-19,21H,4-5,7,9-11,13-14H2,1-2H3,(H,27,30). The van der Waals surface area contributed by atoms with Crippen LogP contribution >= 0.6 is 0 Å². The van der Waals surface area contributed by atoms with E-state index in [0.29, 0.717) is 0 Å². The fraction of sp³-hybridized carbons (Fsp3) is 0.560. The SMILES string of the molecule is CC1Cc2ccccc2N1C(=O)C1CCCCC1C(=O)NC1CCCc2c1cnn2C. The number of amides is 2. The highest BCUT2D eigenvalue weighted by Crippen LogP contribution is 2.39. The van der Waals surface area contributed by atoms with Crippen LogP contribution in [0.15, 0.2) is 30.5 Å². The van der Waals surface area contributed by atoms with Gasteiger partial charge in [0.15, 0.2) is 0 Å². The van der Waals surface area contributed by atoms with Crippen LogP contribution in [0.3, 0.4) is 0 Å². The quantitative estimate of drug-likeness (QED) is 0.823. The lowest BCUT2D eigenvalue weighted by Gasteiger charge is -2.35. The molecule has 31 heavy (non-hydrogen) atoms. The second-order valence-corrected chi connectivity index (χ2v) is 9.51. The fourth-order valence-corrected chi connectivity index (χ4v) is 5.96. The number of nitrogens with one attached hydrogen (secondary N) is 1. The number of para-hydroxylation sites is 1. The Morgan fingerprint density at radius 3 is 2.68 bits per heavy atom. The Bertz CT molecular complexity index is 997. The molecule has 0 spiro atoms. The maximum absolute atomic E-state index is 13.7. The van der Waals surface area contributed by atoms with Crippen LogP contribution in [-0.2, 0) is 29.5 Å². The molecule has 5 rings (SSSR count). The molecule has 1 aromatic heterocycles. The minimum Gasteiger partial charge on any atom is -0.349 e. The lowest BCUT2D eigenvalue weighted by Crippen LogP contribution is -2.48. The molecule has 1 aliphatic heterocycles. The molecule has 2 aromatic rings. The van der Waals surface area contributed by atoms with E-state index in [-0.39, 0.29) is 35.7 Å². The normalized spacial score (nSPS) is 27.5. The summed E-state index contributed by atoms with van der Waals surface area (Å²) in [5.41, 5.74) is 4.61. The molecular formula is C25H32N4O2. The Morgan fingerprint density at radius 1 is 1.06 bits per heavy atom. The van der Waals surface area contributed by atoms with Gasteiger partial charge in [0, 0.05) is 36.0 Å². The van der Waals surface area contributed by atoms with Crippen molar-refractivity contribution in [3.63, 3.8) is 0 Å². The number of aryl methyl sites for hydroxylation is 1. The molecule has 0 saturated heterocycles. The summed E-state index contributed by atoms with van der Waals surface area (Å²) in [7, 11) is 1.97. The molecular weight excluding hydrogens is 388 g/mol. The lowest BCUT2D eigenvalue weighted by atomic mass is 9.77. The Balaban J connectivity index is 1.35. The highest BCUT2D eigenvalue weighted by atomic mass is 16.2. The van der Waals surface area contributed by atoms with Crippen molar-refractivity contribution in [3.05, 3.63) is 47.3 Å². The number of anilines is 1. The molecule has 164 valence electrons. The highest BCUT2D eigenvalue weighted by molar-refractivity contribution is 6.00. The summed E-state index contributed by atoms with van der Waals surface area (Å²) in [4.78, 5) is 29.1. The first-order valence-electron chi connectivity index (χ1n) is 11.8. The van der Waals surface area contributed by atoms with E-state index in [1.165, 1.54) is 11.3 Å². The van der Waals surface area contributed by atoms with Gasteiger partial charge in [0.2, 0.25) is 11.8 Å². The number of hydrogen-bond acceptors (Lipinski definition) is 3. The summed E-state index contributed by atoms with van der Waals surface area (Å²) < 4.78 is 1.92. The van der Waals surface area contributed by atoms with E-state index in [2.05, 4.69) is 23.4 Å². The van der Waals surface area contributed by atoms with Gasteiger partial charge < -0.3 is 10.2 Å². The van der Waals surface area contributed by atoms with Crippen molar-refractivity contribution in [2.24, 2.45) is 18.9 Å². The molecule has 6 heteroatoms. The molecule has 2 aliphatic carbocycles. The van der Waals surface area contributed by atoms with Gasteiger partial charge in [0.05, 0.1) is 18.2 Å². The van der Waals surface area contributed by atoms with Gasteiger partial charge in [-0.2, -0.15) is 5.10 Å². The first-order valence-corrected chi connectivity index (χ1v) is 11.8. The molecule has 1 fully saturated rings. The first-order chi connectivity index (χ1) is 15.0. The van der Waals surface area contributed by atoms with Crippen molar-refractivity contribution in [2.45, 2.75) is 70.4 Å². The molecule has 1 saturated carbocycles. The van der Waals surface area contributed by atoms with Crippen molar-refractivity contribution >= 4 is 17.5 Å². The van der Waals surface area contributed by atoms with Crippen LogP contribution in [-0.4, -0.2) is 27.6 Å². The largest absolute Gasteiger partial charge is 0.349 e. The maximum Gasteiger partial charge on any atom is 0.231 e. The van der Waals surface area contributed by atoms with Crippen LogP contribution in [0.2, 0.25) is 0 Å². The molecule has 1 N–H and O–H groups in total.